The average molecular weight is 380 g/mol. The molecule has 8 nitrogen and oxygen atoms in total. The maximum absolute atomic E-state index is 11.8. The number of benzene rings is 1. The topological polar surface area (TPSA) is 110 Å². The fourth-order valence-electron chi connectivity index (χ4n) is 2.29. The van der Waals surface area contributed by atoms with Crippen molar-refractivity contribution in [2.24, 2.45) is 0 Å². The van der Waals surface area contributed by atoms with E-state index in [9.17, 15) is 9.59 Å². The van der Waals surface area contributed by atoms with Crippen molar-refractivity contribution in [1.29, 1.82) is 0 Å². The lowest BCUT2D eigenvalue weighted by molar-refractivity contribution is 0.0938. The number of amides is 3. The van der Waals surface area contributed by atoms with Crippen LogP contribution in [-0.4, -0.2) is 21.9 Å². The maximum Gasteiger partial charge on any atom is 0.332 e. The van der Waals surface area contributed by atoms with Crippen LogP contribution >= 0.6 is 11.9 Å². The fourth-order valence-corrected chi connectivity index (χ4v) is 2.85. The Morgan fingerprint density at radius 3 is 2.81 bits per heavy atom. The molecule has 0 fully saturated rings. The number of carbonyl (C=O) groups is 2. The molecule has 4 aromatic rings. The first-order valence-corrected chi connectivity index (χ1v) is 8.63. The van der Waals surface area contributed by atoms with Crippen LogP contribution in [0.25, 0.3) is 22.6 Å². The van der Waals surface area contributed by atoms with Crippen LogP contribution in [0.2, 0.25) is 0 Å². The average Bonchev–Trinajstić information content (AvgIpc) is 3.36. The number of carbonyl (C=O) groups excluding carboxylic acids is 2. The number of rotatable bonds is 4. The molecule has 0 bridgehead atoms. The Morgan fingerprint density at radius 1 is 1.11 bits per heavy atom. The fraction of sp³-hybridized carbons (Fsp3) is 0. The van der Waals surface area contributed by atoms with Gasteiger partial charge in [-0.3, -0.25) is 19.8 Å². The Labute approximate surface area is 157 Å². The molecular formula is C18H12N4O4S. The van der Waals surface area contributed by atoms with E-state index < -0.39 is 11.9 Å². The number of pyridine rings is 1. The highest BCUT2D eigenvalue weighted by molar-refractivity contribution is 7.98. The van der Waals surface area contributed by atoms with Gasteiger partial charge < -0.3 is 8.83 Å². The lowest BCUT2D eigenvalue weighted by atomic mass is 10.3. The van der Waals surface area contributed by atoms with Crippen molar-refractivity contribution in [2.45, 2.75) is 4.90 Å². The van der Waals surface area contributed by atoms with Crippen LogP contribution < -0.4 is 10.0 Å². The second-order valence-corrected chi connectivity index (χ2v) is 6.23. The van der Waals surface area contributed by atoms with E-state index in [4.69, 9.17) is 8.83 Å². The number of hydrogen-bond donors (Lipinski definition) is 2. The van der Waals surface area contributed by atoms with Gasteiger partial charge in [-0.1, -0.05) is 0 Å². The first-order valence-electron chi connectivity index (χ1n) is 7.82. The number of urea groups is 1. The monoisotopic (exact) mass is 380 g/mol. The second kappa shape index (κ2) is 7.34. The smallest absolute Gasteiger partial charge is 0.332 e. The van der Waals surface area contributed by atoms with E-state index in [1.807, 2.05) is 6.07 Å². The largest absolute Gasteiger partial charge is 0.459 e. The molecular weight excluding hydrogens is 368 g/mol. The van der Waals surface area contributed by atoms with Crippen LogP contribution in [0.5, 0.6) is 0 Å². The SMILES string of the molecule is O=C(NSc1ccc2oc(-c3cccnc3)nc2c1)NC(=O)c1ccco1. The van der Waals surface area contributed by atoms with Crippen LogP contribution in [0.3, 0.4) is 0 Å². The van der Waals surface area contributed by atoms with E-state index in [1.54, 1.807) is 42.7 Å². The molecule has 134 valence electrons. The Morgan fingerprint density at radius 2 is 2.04 bits per heavy atom. The van der Waals surface area contributed by atoms with Crippen molar-refractivity contribution in [1.82, 2.24) is 20.0 Å². The minimum atomic E-state index is -0.655. The summed E-state index contributed by atoms with van der Waals surface area (Å²) >= 11 is 1.05. The van der Waals surface area contributed by atoms with Crippen LogP contribution in [0.15, 0.2) is 74.9 Å². The lowest BCUT2D eigenvalue weighted by Crippen LogP contribution is -2.36. The van der Waals surface area contributed by atoms with Gasteiger partial charge in [-0.25, -0.2) is 9.78 Å². The van der Waals surface area contributed by atoms with E-state index in [0.29, 0.717) is 17.0 Å². The molecule has 0 radical (unpaired) electrons. The van der Waals surface area contributed by atoms with Gasteiger partial charge in [-0.05, 0) is 54.4 Å². The van der Waals surface area contributed by atoms with Crippen molar-refractivity contribution >= 4 is 35.0 Å². The standard InChI is InChI=1S/C18H12N4O4S/c23-16(15-4-2-8-25-15)21-18(24)22-27-12-5-6-14-13(9-12)20-17(26-14)11-3-1-7-19-10-11/h1-10H,(H2,21,22,23,24). The molecule has 1 aromatic carbocycles. The van der Waals surface area contributed by atoms with Gasteiger partial charge in [0.1, 0.15) is 5.52 Å². The quantitative estimate of drug-likeness (QED) is 0.520. The highest BCUT2D eigenvalue weighted by atomic mass is 32.2. The van der Waals surface area contributed by atoms with Gasteiger partial charge in [0.05, 0.1) is 11.8 Å². The zero-order valence-electron chi connectivity index (χ0n) is 13.7. The summed E-state index contributed by atoms with van der Waals surface area (Å²) in [6.07, 6.45) is 4.70. The van der Waals surface area contributed by atoms with E-state index in [2.05, 4.69) is 20.0 Å². The van der Waals surface area contributed by atoms with Crippen LogP contribution in [0.1, 0.15) is 10.6 Å². The maximum atomic E-state index is 11.8. The van der Waals surface area contributed by atoms with Gasteiger partial charge in [0, 0.05) is 17.3 Å². The number of nitrogens with one attached hydrogen (secondary N) is 2. The number of nitrogens with zero attached hydrogens (tertiary/aromatic N) is 2. The molecule has 3 heterocycles. The van der Waals surface area contributed by atoms with Gasteiger partial charge in [-0.15, -0.1) is 0 Å². The van der Waals surface area contributed by atoms with Crippen molar-refractivity contribution < 1.29 is 18.4 Å². The van der Waals surface area contributed by atoms with E-state index in [1.165, 1.54) is 12.3 Å². The summed E-state index contributed by atoms with van der Waals surface area (Å²) in [5.41, 5.74) is 2.04. The third-order valence-electron chi connectivity index (χ3n) is 3.50. The number of hydrogen-bond acceptors (Lipinski definition) is 7. The number of imide groups is 1. The summed E-state index contributed by atoms with van der Waals surface area (Å²) in [6, 6.07) is 11.4. The van der Waals surface area contributed by atoms with Gasteiger partial charge in [0.25, 0.3) is 5.91 Å². The Kier molecular flexibility index (Phi) is 4.58. The first kappa shape index (κ1) is 16.9. The Balaban J connectivity index is 1.42. The zero-order valence-corrected chi connectivity index (χ0v) is 14.5. The molecule has 0 unspecified atom stereocenters. The van der Waals surface area contributed by atoms with Crippen LogP contribution in [0.4, 0.5) is 4.79 Å². The van der Waals surface area contributed by atoms with E-state index in [0.717, 1.165) is 22.4 Å². The molecule has 0 aliphatic rings. The first-order chi connectivity index (χ1) is 13.2. The minimum absolute atomic E-state index is 0.0575. The summed E-state index contributed by atoms with van der Waals surface area (Å²) in [4.78, 5) is 32.8. The molecule has 9 heteroatoms. The van der Waals surface area contributed by atoms with Crippen LogP contribution in [0, 0.1) is 0 Å². The number of fused-ring (bicyclic) bond motifs is 1. The molecule has 2 N–H and O–H groups in total. The molecule has 0 spiro atoms. The highest BCUT2D eigenvalue weighted by Crippen LogP contribution is 2.26. The third kappa shape index (κ3) is 3.82. The van der Waals surface area contributed by atoms with Gasteiger partial charge in [0.2, 0.25) is 5.89 Å². The summed E-state index contributed by atoms with van der Waals surface area (Å²) in [5.74, 6) is -0.0942. The third-order valence-corrected chi connectivity index (χ3v) is 4.28. The van der Waals surface area contributed by atoms with Crippen molar-refractivity contribution in [2.75, 3.05) is 0 Å². The summed E-state index contributed by atoms with van der Waals surface area (Å²) in [5, 5.41) is 2.17. The minimum Gasteiger partial charge on any atom is -0.459 e. The molecule has 0 saturated carbocycles. The van der Waals surface area contributed by atoms with Gasteiger partial charge in [0.15, 0.2) is 11.3 Å². The molecule has 27 heavy (non-hydrogen) atoms. The second-order valence-electron chi connectivity index (χ2n) is 5.35. The van der Waals surface area contributed by atoms with Gasteiger partial charge >= 0.3 is 6.03 Å². The normalized spacial score (nSPS) is 10.7. The van der Waals surface area contributed by atoms with Crippen molar-refractivity contribution in [3.63, 3.8) is 0 Å². The van der Waals surface area contributed by atoms with Gasteiger partial charge in [-0.2, -0.15) is 0 Å². The highest BCUT2D eigenvalue weighted by Gasteiger charge is 2.13. The lowest BCUT2D eigenvalue weighted by Gasteiger charge is -2.04. The van der Waals surface area contributed by atoms with E-state index >= 15 is 0 Å². The molecule has 0 aliphatic heterocycles. The zero-order chi connectivity index (χ0) is 18.6. The molecule has 3 aromatic heterocycles. The molecule has 3 amide bonds. The summed E-state index contributed by atoms with van der Waals surface area (Å²) in [6.45, 7) is 0. The van der Waals surface area contributed by atoms with Crippen molar-refractivity contribution in [3.05, 3.63) is 66.9 Å². The predicted octanol–water partition coefficient (Wildman–Crippen LogP) is 3.63. The summed E-state index contributed by atoms with van der Waals surface area (Å²) < 4.78 is 13.2. The molecule has 0 aliphatic carbocycles. The number of aromatic nitrogens is 2. The van der Waals surface area contributed by atoms with Crippen LogP contribution in [-0.2, 0) is 0 Å². The predicted molar refractivity (Wildman–Crippen MR) is 97.8 cm³/mol. The Hall–Kier alpha value is -3.59. The molecule has 0 atom stereocenters. The van der Waals surface area contributed by atoms with Crippen molar-refractivity contribution in [3.8, 4) is 11.5 Å². The van der Waals surface area contributed by atoms with E-state index in [-0.39, 0.29) is 5.76 Å². The number of furan rings is 1. The molecule has 4 rings (SSSR count). The summed E-state index contributed by atoms with van der Waals surface area (Å²) in [7, 11) is 0. The number of oxazole rings is 1. The Bertz CT molecular complexity index is 1090. The molecule has 0 saturated heterocycles.